The third-order valence-corrected chi connectivity index (χ3v) is 6.09. The number of unbranched alkanes of at least 4 members (excludes halogenated alkanes) is 3. The van der Waals surface area contributed by atoms with Gasteiger partial charge in [0.1, 0.15) is 10.6 Å². The van der Waals surface area contributed by atoms with Crippen LogP contribution in [0.2, 0.25) is 0 Å². The molecule has 2 aromatic rings. The van der Waals surface area contributed by atoms with E-state index in [1.54, 1.807) is 0 Å². The van der Waals surface area contributed by atoms with Gasteiger partial charge in [0.2, 0.25) is 0 Å². The molecule has 5 nitrogen and oxygen atoms in total. The number of hydrogen-bond donors (Lipinski definition) is 2. The van der Waals surface area contributed by atoms with Gasteiger partial charge in [-0.3, -0.25) is 0 Å². The molecule has 2 N–H and O–H groups in total. The fraction of sp³-hybridized carbons (Fsp3) is 0.500. The first kappa shape index (κ1) is 23.4. The lowest BCUT2D eigenvalue weighted by atomic mass is 10.2. The zero-order valence-corrected chi connectivity index (χ0v) is 19.4. The van der Waals surface area contributed by atoms with Gasteiger partial charge in [-0.15, -0.1) is 11.3 Å². The fourth-order valence-electron chi connectivity index (χ4n) is 2.61. The highest BCUT2D eigenvalue weighted by Gasteiger charge is 2.15. The van der Waals surface area contributed by atoms with Gasteiger partial charge in [0.15, 0.2) is 0 Å². The normalized spacial score (nSPS) is 10.8. The fourth-order valence-corrected chi connectivity index (χ4v) is 4.37. The minimum atomic E-state index is -0.316. The van der Waals surface area contributed by atoms with E-state index in [0.717, 1.165) is 28.6 Å². The molecule has 1 aromatic carbocycles. The molecule has 0 atom stereocenters. The summed E-state index contributed by atoms with van der Waals surface area (Å²) in [5.41, 5.74) is 1.94. The lowest BCUT2D eigenvalue weighted by molar-refractivity contribution is 0.0603. The van der Waals surface area contributed by atoms with E-state index < -0.39 is 0 Å². The minimum Gasteiger partial charge on any atom is -0.491 e. The second-order valence-corrected chi connectivity index (χ2v) is 8.98. The average Bonchev–Trinajstić information content (AvgIpc) is 3.19. The van der Waals surface area contributed by atoms with Crippen molar-refractivity contribution in [1.29, 1.82) is 0 Å². The van der Waals surface area contributed by atoms with Gasteiger partial charge in [-0.1, -0.05) is 40.0 Å². The molecule has 0 aliphatic heterocycles. The maximum Gasteiger partial charge on any atom is 0.349 e. The van der Waals surface area contributed by atoms with Crippen molar-refractivity contribution in [3.05, 3.63) is 34.5 Å². The van der Waals surface area contributed by atoms with E-state index in [0.29, 0.717) is 17.4 Å². The molecule has 1 heterocycles. The topological polar surface area (TPSA) is 59.6 Å². The molecule has 0 aliphatic carbocycles. The predicted molar refractivity (Wildman–Crippen MR) is 125 cm³/mol. The summed E-state index contributed by atoms with van der Waals surface area (Å²) in [6.45, 7) is 8.09. The van der Waals surface area contributed by atoms with Crippen molar-refractivity contribution in [3.63, 3.8) is 0 Å². The summed E-state index contributed by atoms with van der Waals surface area (Å²) in [7, 11) is 1.40. The van der Waals surface area contributed by atoms with E-state index in [9.17, 15) is 4.79 Å². The number of rotatable bonds is 13. The number of esters is 1. The van der Waals surface area contributed by atoms with E-state index in [1.807, 2.05) is 23.6 Å². The minimum absolute atomic E-state index is 0.316. The molecule has 2 rings (SSSR count). The van der Waals surface area contributed by atoms with E-state index in [-0.39, 0.29) is 5.97 Å². The van der Waals surface area contributed by atoms with E-state index in [2.05, 4.69) is 36.9 Å². The first-order valence-corrected chi connectivity index (χ1v) is 11.8. The van der Waals surface area contributed by atoms with E-state index >= 15 is 0 Å². The number of hydrogen-bond acceptors (Lipinski definition) is 7. The molecular formula is C22H32N2O3S2. The zero-order chi connectivity index (χ0) is 21.1. The van der Waals surface area contributed by atoms with Gasteiger partial charge in [0.05, 0.1) is 24.3 Å². The summed E-state index contributed by atoms with van der Waals surface area (Å²) in [5, 5.41) is 5.37. The Hall–Kier alpha value is -1.86. The predicted octanol–water partition coefficient (Wildman–Crippen LogP) is 6.68. The quantitative estimate of drug-likeness (QED) is 0.207. The second-order valence-electron chi connectivity index (χ2n) is 7.21. The maximum atomic E-state index is 11.9. The molecule has 1 aromatic heterocycles. The number of methoxy groups -OCH3 is 1. The van der Waals surface area contributed by atoms with Crippen molar-refractivity contribution in [2.45, 2.75) is 51.3 Å². The molecule has 0 aliphatic rings. The largest absolute Gasteiger partial charge is 0.491 e. The van der Waals surface area contributed by atoms with Crippen LogP contribution in [0.1, 0.15) is 56.1 Å². The van der Waals surface area contributed by atoms with Crippen LogP contribution in [0.25, 0.3) is 0 Å². The highest BCUT2D eigenvalue weighted by atomic mass is 32.2. The Balaban J connectivity index is 2.05. The van der Waals surface area contributed by atoms with Crippen molar-refractivity contribution >= 4 is 40.6 Å². The smallest absolute Gasteiger partial charge is 0.349 e. The summed E-state index contributed by atoms with van der Waals surface area (Å²) in [4.78, 5) is 13.3. The molecule has 0 saturated heterocycles. The first-order valence-electron chi connectivity index (χ1n) is 10.1. The zero-order valence-electron chi connectivity index (χ0n) is 17.7. The summed E-state index contributed by atoms with van der Waals surface area (Å²) in [6, 6.07) is 8.02. The molecule has 29 heavy (non-hydrogen) atoms. The second kappa shape index (κ2) is 12.6. The lowest BCUT2D eigenvalue weighted by Crippen LogP contribution is -2.07. The van der Waals surface area contributed by atoms with Crippen molar-refractivity contribution in [2.75, 3.05) is 30.3 Å². The Bertz CT molecular complexity index is 762. The Kier molecular flexibility index (Phi) is 10.2. The van der Waals surface area contributed by atoms with Crippen LogP contribution in [0.15, 0.2) is 34.5 Å². The van der Waals surface area contributed by atoms with Crippen molar-refractivity contribution in [2.24, 2.45) is 5.92 Å². The van der Waals surface area contributed by atoms with Crippen LogP contribution >= 0.6 is 23.3 Å². The molecule has 0 bridgehead atoms. The maximum absolute atomic E-state index is 11.9. The third-order valence-electron chi connectivity index (χ3n) is 4.18. The Morgan fingerprint density at radius 3 is 2.76 bits per heavy atom. The first-order chi connectivity index (χ1) is 14.0. The molecule has 0 spiro atoms. The summed E-state index contributed by atoms with van der Waals surface area (Å²) < 4.78 is 14.2. The lowest BCUT2D eigenvalue weighted by Gasteiger charge is -2.16. The highest BCUT2D eigenvalue weighted by molar-refractivity contribution is 8.00. The van der Waals surface area contributed by atoms with Gasteiger partial charge in [0, 0.05) is 18.3 Å². The number of carbonyl (C=O) groups is 1. The molecular weight excluding hydrogens is 404 g/mol. The molecule has 0 fully saturated rings. The van der Waals surface area contributed by atoms with Crippen LogP contribution < -0.4 is 14.8 Å². The molecule has 0 radical (unpaired) electrons. The van der Waals surface area contributed by atoms with E-state index in [1.165, 1.54) is 56.1 Å². The number of benzene rings is 1. The van der Waals surface area contributed by atoms with Crippen molar-refractivity contribution < 1.29 is 14.3 Å². The number of anilines is 2. The number of carbonyl (C=O) groups excluding carboxylic acids is 1. The average molecular weight is 437 g/mol. The Morgan fingerprint density at radius 2 is 2.03 bits per heavy atom. The highest BCUT2D eigenvalue weighted by Crippen LogP contribution is 2.35. The SMILES string of the molecule is CCCCCCNc1ccc(NSc2ccsc2C(=O)OC)c(OCC(C)C)c1. The molecule has 0 amide bonds. The number of nitrogens with one attached hydrogen (secondary N) is 2. The summed E-state index contributed by atoms with van der Waals surface area (Å²) >= 11 is 2.77. The van der Waals surface area contributed by atoms with Gasteiger partial charge in [0.25, 0.3) is 0 Å². The van der Waals surface area contributed by atoms with Gasteiger partial charge in [-0.2, -0.15) is 0 Å². The van der Waals surface area contributed by atoms with Crippen LogP contribution in [-0.2, 0) is 4.74 Å². The van der Waals surface area contributed by atoms with Crippen LogP contribution in [0.5, 0.6) is 5.75 Å². The number of thiophene rings is 1. The molecule has 0 unspecified atom stereocenters. The molecule has 7 heteroatoms. The van der Waals surface area contributed by atoms with Crippen LogP contribution in [0.4, 0.5) is 11.4 Å². The number of ether oxygens (including phenoxy) is 2. The van der Waals surface area contributed by atoms with Crippen LogP contribution in [0.3, 0.4) is 0 Å². The van der Waals surface area contributed by atoms with Crippen LogP contribution in [0, 0.1) is 5.92 Å². The van der Waals surface area contributed by atoms with E-state index in [4.69, 9.17) is 9.47 Å². The van der Waals surface area contributed by atoms with Gasteiger partial charge >= 0.3 is 5.97 Å². The standard InChI is InChI=1S/C22H32N2O3S2/c1-5-6-7-8-12-23-17-9-10-18(19(14-17)27-15-16(2)3)24-29-20-11-13-28-21(20)22(25)26-4/h9-11,13-14,16,23-24H,5-8,12,15H2,1-4H3. The van der Waals surface area contributed by atoms with Crippen LogP contribution in [-0.4, -0.2) is 26.2 Å². The Morgan fingerprint density at radius 1 is 1.21 bits per heavy atom. The van der Waals surface area contributed by atoms with Crippen molar-refractivity contribution in [3.8, 4) is 5.75 Å². The molecule has 0 saturated carbocycles. The summed E-state index contributed by atoms with van der Waals surface area (Å²) in [5.74, 6) is 0.923. The van der Waals surface area contributed by atoms with Gasteiger partial charge in [-0.05, 0) is 47.9 Å². The monoisotopic (exact) mass is 436 g/mol. The summed E-state index contributed by atoms with van der Waals surface area (Å²) in [6.07, 6.45) is 4.94. The van der Waals surface area contributed by atoms with Crippen molar-refractivity contribution in [1.82, 2.24) is 0 Å². The molecule has 160 valence electrons. The Labute approximate surface area is 182 Å². The third kappa shape index (κ3) is 7.82. The van der Waals surface area contributed by atoms with Gasteiger partial charge < -0.3 is 19.5 Å². The van der Waals surface area contributed by atoms with Gasteiger partial charge in [-0.25, -0.2) is 4.79 Å².